The molecule has 2 heterocycles. The van der Waals surface area contributed by atoms with Crippen LogP contribution in [0.4, 0.5) is 5.69 Å². The number of carbonyl (C=O) groups is 2. The Morgan fingerprint density at radius 2 is 2.38 bits per heavy atom. The smallest absolute Gasteiger partial charge is 0.337 e. The van der Waals surface area contributed by atoms with Crippen LogP contribution in [0.2, 0.25) is 0 Å². The van der Waals surface area contributed by atoms with E-state index in [2.05, 4.69) is 4.98 Å². The number of aromatic carboxylic acids is 1. The van der Waals surface area contributed by atoms with Crippen molar-refractivity contribution >= 4 is 29.2 Å². The van der Waals surface area contributed by atoms with Crippen LogP contribution in [-0.2, 0) is 4.79 Å². The quantitative estimate of drug-likeness (QED) is 0.787. The van der Waals surface area contributed by atoms with Gasteiger partial charge in [-0.2, -0.15) is 0 Å². The Kier molecular flexibility index (Phi) is 2.78. The lowest BCUT2D eigenvalue weighted by atomic mass is 10.2. The number of anilines is 1. The Bertz CT molecular complexity index is 449. The Morgan fingerprint density at radius 1 is 1.62 bits per heavy atom. The second kappa shape index (κ2) is 4.09. The van der Waals surface area contributed by atoms with Gasteiger partial charge in [-0.25, -0.2) is 4.79 Å². The number of carboxylic acid groups (broad SMARTS) is 1. The predicted octanol–water partition coefficient (Wildman–Crippen LogP) is 1.12. The maximum atomic E-state index is 11.6. The monoisotopic (exact) mass is 240 g/mol. The predicted molar refractivity (Wildman–Crippen MR) is 57.8 cm³/mol. The lowest BCUT2D eigenvalue weighted by Crippen LogP contribution is -2.26. The zero-order valence-corrected chi connectivity index (χ0v) is 9.02. The number of amides is 1. The molecule has 0 spiro atoms. The van der Waals surface area contributed by atoms with Gasteiger partial charge in [-0.3, -0.25) is 9.78 Å². The topological polar surface area (TPSA) is 70.5 Å². The number of halogens is 1. The van der Waals surface area contributed by atoms with Gasteiger partial charge in [0.1, 0.15) is 0 Å². The van der Waals surface area contributed by atoms with Gasteiger partial charge in [0.2, 0.25) is 5.91 Å². The van der Waals surface area contributed by atoms with E-state index >= 15 is 0 Å². The van der Waals surface area contributed by atoms with Crippen LogP contribution >= 0.6 is 11.6 Å². The molecule has 6 heteroatoms. The fraction of sp³-hybridized carbons (Fsp3) is 0.300. The summed E-state index contributed by atoms with van der Waals surface area (Å²) in [5.41, 5.74) is 0.372. The molecule has 16 heavy (non-hydrogen) atoms. The molecule has 1 fully saturated rings. The summed E-state index contributed by atoms with van der Waals surface area (Å²) >= 11 is 5.85. The van der Waals surface area contributed by atoms with Crippen molar-refractivity contribution in [2.24, 2.45) is 0 Å². The summed E-state index contributed by atoms with van der Waals surface area (Å²) in [7, 11) is 0. The van der Waals surface area contributed by atoms with E-state index in [1.165, 1.54) is 23.4 Å². The fourth-order valence-electron chi connectivity index (χ4n) is 1.68. The van der Waals surface area contributed by atoms with Gasteiger partial charge in [-0.1, -0.05) is 0 Å². The van der Waals surface area contributed by atoms with Crippen LogP contribution in [0, 0.1) is 0 Å². The molecule has 84 valence electrons. The van der Waals surface area contributed by atoms with Gasteiger partial charge >= 0.3 is 5.97 Å². The number of nitrogens with zero attached hydrogens (tertiary/aromatic N) is 2. The van der Waals surface area contributed by atoms with Gasteiger partial charge in [-0.15, -0.1) is 11.6 Å². The standard InChI is InChI=1S/C10H9ClN2O3/c11-6-3-9(14)13(5-6)8-4-12-2-1-7(8)10(15)16/h1-2,4,6H,3,5H2,(H,15,16). The average molecular weight is 241 g/mol. The zero-order chi connectivity index (χ0) is 11.7. The van der Waals surface area contributed by atoms with Gasteiger partial charge in [0.25, 0.3) is 0 Å². The minimum atomic E-state index is -1.08. The molecule has 1 aromatic heterocycles. The SMILES string of the molecule is O=C(O)c1ccncc1N1CC(Cl)CC1=O. The largest absolute Gasteiger partial charge is 0.478 e. The number of rotatable bonds is 2. The molecule has 1 unspecified atom stereocenters. The highest BCUT2D eigenvalue weighted by Gasteiger charge is 2.31. The van der Waals surface area contributed by atoms with Crippen molar-refractivity contribution in [3.63, 3.8) is 0 Å². The molecule has 1 amide bonds. The third kappa shape index (κ3) is 1.86. The third-order valence-electron chi connectivity index (χ3n) is 2.40. The van der Waals surface area contributed by atoms with Gasteiger partial charge < -0.3 is 10.0 Å². The van der Waals surface area contributed by atoms with Crippen molar-refractivity contribution in [3.8, 4) is 0 Å². The normalized spacial score (nSPS) is 20.2. The molecule has 1 aliphatic heterocycles. The minimum absolute atomic E-state index is 0.0640. The molecule has 1 N–H and O–H groups in total. The number of hydrogen-bond donors (Lipinski definition) is 1. The number of hydrogen-bond acceptors (Lipinski definition) is 3. The molecule has 1 aromatic rings. The Hall–Kier alpha value is -1.62. The maximum Gasteiger partial charge on any atom is 0.337 e. The lowest BCUT2D eigenvalue weighted by Gasteiger charge is -2.17. The minimum Gasteiger partial charge on any atom is -0.478 e. The molecular formula is C10H9ClN2O3. The highest BCUT2D eigenvalue weighted by molar-refractivity contribution is 6.24. The third-order valence-corrected chi connectivity index (χ3v) is 2.69. The van der Waals surface area contributed by atoms with E-state index in [0.29, 0.717) is 12.2 Å². The van der Waals surface area contributed by atoms with E-state index in [4.69, 9.17) is 16.7 Å². The molecule has 0 radical (unpaired) electrons. The molecule has 0 saturated carbocycles. The second-order valence-electron chi connectivity index (χ2n) is 3.50. The van der Waals surface area contributed by atoms with E-state index in [1.54, 1.807) is 0 Å². The van der Waals surface area contributed by atoms with Crippen molar-refractivity contribution < 1.29 is 14.7 Å². The molecule has 5 nitrogen and oxygen atoms in total. The van der Waals surface area contributed by atoms with Gasteiger partial charge in [0.05, 0.1) is 22.8 Å². The molecule has 1 saturated heterocycles. The van der Waals surface area contributed by atoms with Crippen molar-refractivity contribution in [2.75, 3.05) is 11.4 Å². The fourth-order valence-corrected chi connectivity index (χ4v) is 1.95. The molecule has 1 atom stereocenters. The van der Waals surface area contributed by atoms with E-state index in [-0.39, 0.29) is 23.3 Å². The first-order valence-corrected chi connectivity index (χ1v) is 5.15. The first kappa shape index (κ1) is 10.9. The van der Waals surface area contributed by atoms with Crippen molar-refractivity contribution in [3.05, 3.63) is 24.0 Å². The summed E-state index contributed by atoms with van der Waals surface area (Å²) in [6.45, 7) is 0.326. The number of aromatic nitrogens is 1. The number of pyridine rings is 1. The zero-order valence-electron chi connectivity index (χ0n) is 8.26. The van der Waals surface area contributed by atoms with E-state index < -0.39 is 5.97 Å². The summed E-state index contributed by atoms with van der Waals surface area (Å²) in [5.74, 6) is -1.25. The van der Waals surface area contributed by atoms with Crippen LogP contribution in [0.5, 0.6) is 0 Å². The van der Waals surface area contributed by atoms with E-state index in [1.807, 2.05) is 0 Å². The van der Waals surface area contributed by atoms with Gasteiger partial charge in [0.15, 0.2) is 0 Å². The summed E-state index contributed by atoms with van der Waals surface area (Å²) in [6.07, 6.45) is 2.98. The second-order valence-corrected chi connectivity index (χ2v) is 4.12. The molecule has 0 bridgehead atoms. The van der Waals surface area contributed by atoms with Crippen LogP contribution in [0.25, 0.3) is 0 Å². The highest BCUT2D eigenvalue weighted by atomic mass is 35.5. The number of alkyl halides is 1. The Morgan fingerprint density at radius 3 is 2.94 bits per heavy atom. The first-order chi connectivity index (χ1) is 7.59. The molecule has 2 rings (SSSR count). The maximum absolute atomic E-state index is 11.6. The molecule has 1 aliphatic rings. The average Bonchev–Trinajstić information content (AvgIpc) is 2.57. The molecule has 0 aromatic carbocycles. The van der Waals surface area contributed by atoms with Gasteiger partial charge in [-0.05, 0) is 6.07 Å². The summed E-state index contributed by atoms with van der Waals surface area (Å²) < 4.78 is 0. The van der Waals surface area contributed by atoms with Crippen molar-refractivity contribution in [1.82, 2.24) is 4.98 Å². The van der Waals surface area contributed by atoms with Crippen LogP contribution in [0.15, 0.2) is 18.5 Å². The van der Waals surface area contributed by atoms with Gasteiger partial charge in [0, 0.05) is 19.2 Å². The van der Waals surface area contributed by atoms with Crippen LogP contribution in [-0.4, -0.2) is 33.9 Å². The number of carbonyl (C=O) groups excluding carboxylic acids is 1. The Labute approximate surface area is 96.7 Å². The van der Waals surface area contributed by atoms with Crippen LogP contribution in [0.1, 0.15) is 16.8 Å². The van der Waals surface area contributed by atoms with E-state index in [0.717, 1.165) is 0 Å². The van der Waals surface area contributed by atoms with E-state index in [9.17, 15) is 9.59 Å². The summed E-state index contributed by atoms with van der Waals surface area (Å²) in [5, 5.41) is 8.71. The number of carboxylic acids is 1. The highest BCUT2D eigenvalue weighted by Crippen LogP contribution is 2.26. The summed E-state index contributed by atoms with van der Waals surface area (Å²) in [6, 6.07) is 1.37. The van der Waals surface area contributed by atoms with Crippen molar-refractivity contribution in [1.29, 1.82) is 0 Å². The molecular weight excluding hydrogens is 232 g/mol. The lowest BCUT2D eigenvalue weighted by molar-refractivity contribution is -0.117. The molecule has 0 aliphatic carbocycles. The van der Waals surface area contributed by atoms with Crippen LogP contribution in [0.3, 0.4) is 0 Å². The Balaban J connectivity index is 2.40. The van der Waals surface area contributed by atoms with Crippen molar-refractivity contribution in [2.45, 2.75) is 11.8 Å². The van der Waals surface area contributed by atoms with Crippen LogP contribution < -0.4 is 4.90 Å². The first-order valence-electron chi connectivity index (χ1n) is 4.71. The summed E-state index contributed by atoms with van der Waals surface area (Å²) in [4.78, 5) is 27.7.